The number of hydrogen-bond donors (Lipinski definition) is 2. The van der Waals surface area contributed by atoms with Gasteiger partial charge < -0.3 is 15.5 Å². The molecule has 0 aliphatic carbocycles. The lowest BCUT2D eigenvalue weighted by Gasteiger charge is -2.20. The molecule has 1 amide bonds. The average Bonchev–Trinajstić information content (AvgIpc) is 3.06. The molecule has 0 radical (unpaired) electrons. The van der Waals surface area contributed by atoms with Crippen LogP contribution in [-0.4, -0.2) is 42.9 Å². The van der Waals surface area contributed by atoms with Crippen LogP contribution in [-0.2, 0) is 11.3 Å². The standard InChI is InChI=1S/C18H25N5O.HI/c1-13(2)17(24)23-9-8-16(12-23)22-18(20-3)21-11-15-6-4-14(10-19)5-7-15;/h4-7,13,16H,8-9,11-12H2,1-3H3,(H2,20,21,22);1H. The molecule has 1 atom stereocenters. The Labute approximate surface area is 166 Å². The van der Waals surface area contributed by atoms with Crippen molar-refractivity contribution in [2.45, 2.75) is 32.9 Å². The highest BCUT2D eigenvalue weighted by Crippen LogP contribution is 2.12. The lowest BCUT2D eigenvalue weighted by atomic mass is 10.1. The van der Waals surface area contributed by atoms with Gasteiger partial charge in [0.25, 0.3) is 0 Å². The fourth-order valence-corrected chi connectivity index (χ4v) is 2.71. The maximum absolute atomic E-state index is 12.0. The van der Waals surface area contributed by atoms with Gasteiger partial charge in [0.15, 0.2) is 5.96 Å². The summed E-state index contributed by atoms with van der Waals surface area (Å²) < 4.78 is 0. The normalized spacial score (nSPS) is 17.0. The lowest BCUT2D eigenvalue weighted by Crippen LogP contribution is -2.45. The van der Waals surface area contributed by atoms with Gasteiger partial charge in [-0.05, 0) is 24.1 Å². The van der Waals surface area contributed by atoms with Crippen LogP contribution in [0.1, 0.15) is 31.4 Å². The largest absolute Gasteiger partial charge is 0.352 e. The van der Waals surface area contributed by atoms with Gasteiger partial charge in [0.1, 0.15) is 0 Å². The highest BCUT2D eigenvalue weighted by Gasteiger charge is 2.27. The molecule has 1 saturated heterocycles. The van der Waals surface area contributed by atoms with Gasteiger partial charge in [-0.3, -0.25) is 9.79 Å². The third kappa shape index (κ3) is 6.20. The summed E-state index contributed by atoms with van der Waals surface area (Å²) >= 11 is 0. The van der Waals surface area contributed by atoms with E-state index in [1.54, 1.807) is 19.2 Å². The number of benzene rings is 1. The Morgan fingerprint density at radius 3 is 2.64 bits per heavy atom. The Bertz CT molecular complexity index is 636. The minimum Gasteiger partial charge on any atom is -0.352 e. The Morgan fingerprint density at radius 1 is 1.40 bits per heavy atom. The van der Waals surface area contributed by atoms with E-state index in [9.17, 15) is 4.79 Å². The summed E-state index contributed by atoms with van der Waals surface area (Å²) in [6.07, 6.45) is 0.927. The van der Waals surface area contributed by atoms with Gasteiger partial charge in [-0.1, -0.05) is 26.0 Å². The van der Waals surface area contributed by atoms with Crippen LogP contribution in [0.3, 0.4) is 0 Å². The van der Waals surface area contributed by atoms with E-state index in [1.807, 2.05) is 30.9 Å². The van der Waals surface area contributed by atoms with Crippen molar-refractivity contribution < 1.29 is 4.79 Å². The minimum atomic E-state index is 0. The second kappa shape index (κ2) is 10.2. The van der Waals surface area contributed by atoms with Crippen molar-refractivity contribution in [3.63, 3.8) is 0 Å². The predicted molar refractivity (Wildman–Crippen MR) is 110 cm³/mol. The molecule has 25 heavy (non-hydrogen) atoms. The molecule has 1 heterocycles. The van der Waals surface area contributed by atoms with Crippen molar-refractivity contribution in [2.75, 3.05) is 20.1 Å². The second-order valence-corrected chi connectivity index (χ2v) is 6.30. The molecule has 2 N–H and O–H groups in total. The Kier molecular flexibility index (Phi) is 8.69. The number of nitriles is 1. The lowest BCUT2D eigenvalue weighted by molar-refractivity contribution is -0.133. The third-order valence-electron chi connectivity index (χ3n) is 4.10. The van der Waals surface area contributed by atoms with Crippen molar-refractivity contribution in [1.29, 1.82) is 5.26 Å². The van der Waals surface area contributed by atoms with Gasteiger partial charge in [-0.2, -0.15) is 5.26 Å². The molecule has 136 valence electrons. The van der Waals surface area contributed by atoms with Crippen LogP contribution >= 0.6 is 24.0 Å². The van der Waals surface area contributed by atoms with E-state index in [0.717, 1.165) is 24.5 Å². The molecule has 2 rings (SSSR count). The van der Waals surface area contributed by atoms with Crippen molar-refractivity contribution in [3.05, 3.63) is 35.4 Å². The van der Waals surface area contributed by atoms with Crippen LogP contribution in [0.15, 0.2) is 29.3 Å². The minimum absolute atomic E-state index is 0. The zero-order chi connectivity index (χ0) is 17.5. The summed E-state index contributed by atoms with van der Waals surface area (Å²) in [5.74, 6) is 0.973. The van der Waals surface area contributed by atoms with Gasteiger partial charge in [0.05, 0.1) is 11.6 Å². The Balaban J connectivity index is 0.00000312. The van der Waals surface area contributed by atoms with E-state index in [2.05, 4.69) is 21.7 Å². The van der Waals surface area contributed by atoms with Gasteiger partial charge >= 0.3 is 0 Å². The smallest absolute Gasteiger partial charge is 0.225 e. The number of guanidine groups is 1. The highest BCUT2D eigenvalue weighted by atomic mass is 127. The topological polar surface area (TPSA) is 80.5 Å². The number of aliphatic imine (C=N–C) groups is 1. The van der Waals surface area contributed by atoms with Crippen molar-refractivity contribution in [1.82, 2.24) is 15.5 Å². The average molecular weight is 455 g/mol. The monoisotopic (exact) mass is 455 g/mol. The number of carbonyl (C=O) groups is 1. The van der Waals surface area contributed by atoms with E-state index in [1.165, 1.54) is 0 Å². The van der Waals surface area contributed by atoms with Gasteiger partial charge in [-0.25, -0.2) is 0 Å². The second-order valence-electron chi connectivity index (χ2n) is 6.30. The summed E-state index contributed by atoms with van der Waals surface area (Å²) in [4.78, 5) is 18.2. The van der Waals surface area contributed by atoms with Gasteiger partial charge in [-0.15, -0.1) is 24.0 Å². The summed E-state index contributed by atoms with van der Waals surface area (Å²) in [5, 5.41) is 15.5. The van der Waals surface area contributed by atoms with Crippen molar-refractivity contribution in [2.24, 2.45) is 10.9 Å². The van der Waals surface area contributed by atoms with E-state index in [4.69, 9.17) is 5.26 Å². The molecule has 1 aliphatic heterocycles. The van der Waals surface area contributed by atoms with Gasteiger partial charge in [0.2, 0.25) is 5.91 Å². The van der Waals surface area contributed by atoms with Crippen LogP contribution in [0.4, 0.5) is 0 Å². The number of hydrogen-bond acceptors (Lipinski definition) is 3. The first kappa shape index (κ1) is 21.2. The van der Waals surface area contributed by atoms with E-state index in [0.29, 0.717) is 18.7 Å². The molecule has 1 aromatic carbocycles. The number of nitrogens with one attached hydrogen (secondary N) is 2. The van der Waals surface area contributed by atoms with Crippen LogP contribution in [0, 0.1) is 17.2 Å². The molecule has 1 aromatic rings. The number of nitrogens with zero attached hydrogens (tertiary/aromatic N) is 3. The zero-order valence-electron chi connectivity index (χ0n) is 15.0. The molecule has 0 aromatic heterocycles. The number of likely N-dealkylation sites (tertiary alicyclic amines) is 1. The van der Waals surface area contributed by atoms with Crippen LogP contribution in [0.5, 0.6) is 0 Å². The molecular weight excluding hydrogens is 429 g/mol. The molecular formula is C18H26IN5O. The zero-order valence-corrected chi connectivity index (χ0v) is 17.3. The summed E-state index contributed by atoms with van der Waals surface area (Å²) in [5.41, 5.74) is 1.74. The number of halogens is 1. The molecule has 7 heteroatoms. The fourth-order valence-electron chi connectivity index (χ4n) is 2.71. The molecule has 0 bridgehead atoms. The first-order chi connectivity index (χ1) is 11.5. The highest BCUT2D eigenvalue weighted by molar-refractivity contribution is 14.0. The molecule has 0 spiro atoms. The Hall–Kier alpha value is -1.82. The van der Waals surface area contributed by atoms with Crippen molar-refractivity contribution in [3.8, 4) is 6.07 Å². The number of rotatable bonds is 4. The SMILES string of the molecule is CN=C(NCc1ccc(C#N)cc1)NC1CCN(C(=O)C(C)C)C1.I. The molecule has 6 nitrogen and oxygen atoms in total. The third-order valence-corrected chi connectivity index (χ3v) is 4.10. The van der Waals surface area contributed by atoms with Crippen LogP contribution in [0.2, 0.25) is 0 Å². The van der Waals surface area contributed by atoms with Crippen LogP contribution < -0.4 is 10.6 Å². The van der Waals surface area contributed by atoms with Gasteiger partial charge in [0, 0.05) is 38.6 Å². The van der Waals surface area contributed by atoms with E-state index >= 15 is 0 Å². The maximum Gasteiger partial charge on any atom is 0.225 e. The summed E-state index contributed by atoms with van der Waals surface area (Å²) in [6.45, 7) is 6.00. The van der Waals surface area contributed by atoms with Crippen molar-refractivity contribution >= 4 is 35.8 Å². The quantitative estimate of drug-likeness (QED) is 0.414. The number of carbonyl (C=O) groups excluding carboxylic acids is 1. The summed E-state index contributed by atoms with van der Waals surface area (Å²) in [6, 6.07) is 9.80. The van der Waals surface area contributed by atoms with E-state index < -0.39 is 0 Å². The molecule has 1 aliphatic rings. The van der Waals surface area contributed by atoms with Crippen LogP contribution in [0.25, 0.3) is 0 Å². The molecule has 1 unspecified atom stereocenters. The molecule has 0 saturated carbocycles. The maximum atomic E-state index is 12.0. The number of amides is 1. The molecule has 1 fully saturated rings. The summed E-state index contributed by atoms with van der Waals surface area (Å²) in [7, 11) is 1.74. The predicted octanol–water partition coefficient (Wildman–Crippen LogP) is 2.10. The first-order valence-electron chi connectivity index (χ1n) is 8.28. The Morgan fingerprint density at radius 2 is 2.08 bits per heavy atom. The fraction of sp³-hybridized carbons (Fsp3) is 0.500. The van der Waals surface area contributed by atoms with E-state index in [-0.39, 0.29) is 41.8 Å². The first-order valence-corrected chi connectivity index (χ1v) is 8.28.